The van der Waals surface area contributed by atoms with Gasteiger partial charge in [0.2, 0.25) is 0 Å². The maximum absolute atomic E-state index is 12.8. The molecule has 0 spiro atoms. The van der Waals surface area contributed by atoms with E-state index in [4.69, 9.17) is 4.74 Å². The average Bonchev–Trinajstić information content (AvgIpc) is 3.50. The molecule has 1 unspecified atom stereocenters. The second-order valence-electron chi connectivity index (χ2n) is 8.32. The summed E-state index contributed by atoms with van der Waals surface area (Å²) in [6, 6.07) is 21.1. The van der Waals surface area contributed by atoms with Crippen LogP contribution in [-0.2, 0) is 22.6 Å². The summed E-state index contributed by atoms with van der Waals surface area (Å²) in [4.78, 5) is 29.2. The van der Waals surface area contributed by atoms with Crippen LogP contribution in [0.15, 0.2) is 79.4 Å². The van der Waals surface area contributed by atoms with Crippen LogP contribution in [-0.4, -0.2) is 37.3 Å². The fourth-order valence-corrected chi connectivity index (χ4v) is 4.25. The molecule has 3 aromatic carbocycles. The highest BCUT2D eigenvalue weighted by molar-refractivity contribution is 6.10. The standard InChI is InChI=1S/C27H25N5O3/c1-3-32-24-7-5-4-6-22(24)23-14-21(12-13-25(23)32)30-26(33)18(2)35-27(34)20-10-8-19(9-11-20)15-31-17-28-16-29-31/h4-14,16-18H,3,15H2,1-2H3,(H,30,33). The Bertz CT molecular complexity index is 1500. The van der Waals surface area contributed by atoms with Gasteiger partial charge in [0.25, 0.3) is 5.91 Å². The summed E-state index contributed by atoms with van der Waals surface area (Å²) >= 11 is 0. The van der Waals surface area contributed by atoms with E-state index in [1.54, 1.807) is 30.1 Å². The van der Waals surface area contributed by atoms with E-state index in [9.17, 15) is 9.59 Å². The minimum absolute atomic E-state index is 0.376. The van der Waals surface area contributed by atoms with Crippen molar-refractivity contribution >= 4 is 39.4 Å². The molecule has 5 aromatic rings. The summed E-state index contributed by atoms with van der Waals surface area (Å²) in [5.74, 6) is -0.943. The van der Waals surface area contributed by atoms with Crippen molar-refractivity contribution in [1.29, 1.82) is 0 Å². The van der Waals surface area contributed by atoms with Crippen LogP contribution in [0, 0.1) is 0 Å². The van der Waals surface area contributed by atoms with Gasteiger partial charge >= 0.3 is 5.97 Å². The Balaban J connectivity index is 1.26. The zero-order valence-corrected chi connectivity index (χ0v) is 19.5. The van der Waals surface area contributed by atoms with E-state index in [0.29, 0.717) is 17.8 Å². The van der Waals surface area contributed by atoms with Crippen LogP contribution in [0.1, 0.15) is 29.8 Å². The van der Waals surface area contributed by atoms with Crippen molar-refractivity contribution in [3.8, 4) is 0 Å². The predicted octanol–water partition coefficient (Wildman–Crippen LogP) is 4.64. The molecular formula is C27H25N5O3. The van der Waals surface area contributed by atoms with Crippen molar-refractivity contribution in [3.63, 3.8) is 0 Å². The molecule has 176 valence electrons. The van der Waals surface area contributed by atoms with Gasteiger partial charge in [0, 0.05) is 34.0 Å². The Morgan fingerprint density at radius 3 is 2.51 bits per heavy atom. The highest BCUT2D eigenvalue weighted by atomic mass is 16.5. The lowest BCUT2D eigenvalue weighted by Crippen LogP contribution is -2.30. The maximum Gasteiger partial charge on any atom is 0.338 e. The van der Waals surface area contributed by atoms with E-state index in [1.165, 1.54) is 6.33 Å². The zero-order chi connectivity index (χ0) is 24.4. The number of amides is 1. The number of nitrogens with one attached hydrogen (secondary N) is 1. The third-order valence-corrected chi connectivity index (χ3v) is 6.01. The van der Waals surface area contributed by atoms with Gasteiger partial charge < -0.3 is 14.6 Å². The van der Waals surface area contributed by atoms with Gasteiger partial charge in [0.15, 0.2) is 6.10 Å². The fourth-order valence-electron chi connectivity index (χ4n) is 4.25. The molecule has 0 aliphatic carbocycles. The van der Waals surface area contributed by atoms with Gasteiger partial charge in [-0.3, -0.25) is 4.79 Å². The molecule has 5 rings (SSSR count). The Hall–Kier alpha value is -4.46. The SMILES string of the molecule is CCn1c2ccccc2c2cc(NC(=O)C(C)OC(=O)c3ccc(Cn4cncn4)cc3)ccc21. The number of fused-ring (bicyclic) bond motifs is 3. The highest BCUT2D eigenvalue weighted by Gasteiger charge is 2.20. The molecular weight excluding hydrogens is 442 g/mol. The summed E-state index contributed by atoms with van der Waals surface area (Å²) < 4.78 is 9.35. The van der Waals surface area contributed by atoms with Crippen LogP contribution in [0.3, 0.4) is 0 Å². The minimum Gasteiger partial charge on any atom is -0.449 e. The van der Waals surface area contributed by atoms with Crippen LogP contribution in [0.2, 0.25) is 0 Å². The van der Waals surface area contributed by atoms with E-state index < -0.39 is 12.1 Å². The summed E-state index contributed by atoms with van der Waals surface area (Å²) in [5, 5.41) is 9.14. The monoisotopic (exact) mass is 467 g/mol. The van der Waals surface area contributed by atoms with Crippen LogP contribution in [0.25, 0.3) is 21.8 Å². The van der Waals surface area contributed by atoms with Crippen LogP contribution < -0.4 is 5.32 Å². The molecule has 1 amide bonds. The number of carbonyl (C=O) groups is 2. The molecule has 1 atom stereocenters. The molecule has 2 heterocycles. The Labute approximate surface area is 202 Å². The van der Waals surface area contributed by atoms with Crippen LogP contribution in [0.4, 0.5) is 5.69 Å². The maximum atomic E-state index is 12.8. The number of hydrogen-bond donors (Lipinski definition) is 1. The molecule has 1 N–H and O–H groups in total. The number of aromatic nitrogens is 4. The van der Waals surface area contributed by atoms with Crippen LogP contribution >= 0.6 is 0 Å². The second kappa shape index (κ2) is 9.42. The zero-order valence-electron chi connectivity index (χ0n) is 19.5. The first kappa shape index (κ1) is 22.3. The summed E-state index contributed by atoms with van der Waals surface area (Å²) in [7, 11) is 0. The van der Waals surface area contributed by atoms with Crippen molar-refractivity contribution in [2.45, 2.75) is 33.0 Å². The van der Waals surface area contributed by atoms with Gasteiger partial charge in [-0.2, -0.15) is 5.10 Å². The largest absolute Gasteiger partial charge is 0.449 e. The number of nitrogens with zero attached hydrogens (tertiary/aromatic N) is 4. The summed E-state index contributed by atoms with van der Waals surface area (Å²) in [6.07, 6.45) is 2.15. The van der Waals surface area contributed by atoms with Crippen molar-refractivity contribution in [2.75, 3.05) is 5.32 Å². The topological polar surface area (TPSA) is 91.0 Å². The first-order chi connectivity index (χ1) is 17.0. The number of anilines is 1. The van der Waals surface area contributed by atoms with Gasteiger partial charge in [-0.05, 0) is 55.8 Å². The van der Waals surface area contributed by atoms with Gasteiger partial charge in [-0.1, -0.05) is 30.3 Å². The lowest BCUT2D eigenvalue weighted by Gasteiger charge is -2.14. The molecule has 0 aliphatic heterocycles. The molecule has 0 saturated carbocycles. The number of benzene rings is 3. The number of rotatable bonds is 7. The molecule has 0 saturated heterocycles. The number of para-hydroxylation sites is 1. The predicted molar refractivity (Wildman–Crippen MR) is 134 cm³/mol. The smallest absolute Gasteiger partial charge is 0.338 e. The Morgan fingerprint density at radius 2 is 1.77 bits per heavy atom. The quantitative estimate of drug-likeness (QED) is 0.352. The molecule has 35 heavy (non-hydrogen) atoms. The average molecular weight is 468 g/mol. The van der Waals surface area contributed by atoms with Crippen LogP contribution in [0.5, 0.6) is 0 Å². The molecule has 0 aliphatic rings. The summed E-state index contributed by atoms with van der Waals surface area (Å²) in [5.41, 5.74) is 4.27. The van der Waals surface area contributed by atoms with E-state index in [2.05, 4.69) is 39.0 Å². The van der Waals surface area contributed by atoms with E-state index in [0.717, 1.165) is 33.9 Å². The molecule has 0 radical (unpaired) electrons. The molecule has 8 heteroatoms. The molecule has 0 bridgehead atoms. The Morgan fingerprint density at radius 1 is 1.00 bits per heavy atom. The minimum atomic E-state index is -0.954. The first-order valence-corrected chi connectivity index (χ1v) is 11.5. The highest BCUT2D eigenvalue weighted by Crippen LogP contribution is 2.31. The lowest BCUT2D eigenvalue weighted by atomic mass is 10.1. The normalized spacial score (nSPS) is 12.1. The van der Waals surface area contributed by atoms with Gasteiger partial charge in [0.1, 0.15) is 12.7 Å². The van der Waals surface area contributed by atoms with Crippen molar-refractivity contribution in [3.05, 3.63) is 90.5 Å². The van der Waals surface area contributed by atoms with E-state index >= 15 is 0 Å². The van der Waals surface area contributed by atoms with Gasteiger partial charge in [-0.25, -0.2) is 14.5 Å². The number of aryl methyl sites for hydroxylation is 1. The second-order valence-corrected chi connectivity index (χ2v) is 8.32. The van der Waals surface area contributed by atoms with Crippen molar-refractivity contribution in [2.24, 2.45) is 0 Å². The number of hydrogen-bond acceptors (Lipinski definition) is 5. The third-order valence-electron chi connectivity index (χ3n) is 6.01. The number of carbonyl (C=O) groups excluding carboxylic acids is 2. The van der Waals surface area contributed by atoms with Crippen molar-refractivity contribution in [1.82, 2.24) is 19.3 Å². The first-order valence-electron chi connectivity index (χ1n) is 11.5. The third kappa shape index (κ3) is 4.50. The molecule has 8 nitrogen and oxygen atoms in total. The number of esters is 1. The van der Waals surface area contributed by atoms with Gasteiger partial charge in [0.05, 0.1) is 12.1 Å². The van der Waals surface area contributed by atoms with Crippen molar-refractivity contribution < 1.29 is 14.3 Å². The lowest BCUT2D eigenvalue weighted by molar-refractivity contribution is -0.123. The van der Waals surface area contributed by atoms with E-state index in [1.807, 2.05) is 42.5 Å². The molecule has 0 fully saturated rings. The fraction of sp³-hybridized carbons (Fsp3) is 0.185. The Kier molecular flexibility index (Phi) is 6.01. The summed E-state index contributed by atoms with van der Waals surface area (Å²) in [6.45, 7) is 5.08. The van der Waals surface area contributed by atoms with E-state index in [-0.39, 0.29) is 5.91 Å². The number of ether oxygens (including phenoxy) is 1. The molecule has 2 aromatic heterocycles. The van der Waals surface area contributed by atoms with Gasteiger partial charge in [-0.15, -0.1) is 0 Å².